The third-order valence-electron chi connectivity index (χ3n) is 2.09. The maximum Gasteiger partial charge on any atom is 0.478 e. The zero-order valence-corrected chi connectivity index (χ0v) is 13.4. The van der Waals surface area contributed by atoms with Gasteiger partial charge < -0.3 is 31.0 Å². The second kappa shape index (κ2) is 8.92. The molecule has 0 heterocycles. The summed E-state index contributed by atoms with van der Waals surface area (Å²) in [6, 6.07) is 0.562. The van der Waals surface area contributed by atoms with Crippen LogP contribution in [0.2, 0.25) is 0 Å². The Morgan fingerprint density at radius 2 is 1.17 bits per heavy atom. The average molecular weight is 487 g/mol. The Morgan fingerprint density at radius 1 is 0.889 bits per heavy atom. The molecule has 0 bridgehead atoms. The van der Waals surface area contributed by atoms with Crippen molar-refractivity contribution < 1.29 is 54.1 Å². The van der Waals surface area contributed by atoms with Crippen LogP contribution in [0.3, 0.4) is 0 Å². The summed E-state index contributed by atoms with van der Waals surface area (Å²) in [5.41, 5.74) is 11.3. The van der Waals surface area contributed by atoms with Gasteiger partial charge in [0.2, 0.25) is 0 Å². The number of hydrogen-bond acceptors (Lipinski definition) is 5. The summed E-state index contributed by atoms with van der Waals surface area (Å²) in [6.45, 7) is 0. The number of hydrogen-bond donors (Lipinski definition) is 6. The minimum Gasteiger partial charge on any atom is -0.326 e. The van der Waals surface area contributed by atoms with Gasteiger partial charge in [0.25, 0.3) is 0 Å². The van der Waals surface area contributed by atoms with E-state index in [9.17, 15) is 9.13 Å². The first kappa shape index (κ1) is 21.2. The zero-order chi connectivity index (χ0) is 13.7. The van der Waals surface area contributed by atoms with Crippen molar-refractivity contribution in [2.24, 2.45) is 11.5 Å². The predicted octanol–water partition coefficient (Wildman–Crippen LogP) is -0.599. The van der Waals surface area contributed by atoms with E-state index in [2.05, 4.69) is 4.31 Å². The molecule has 12 heteroatoms. The molecule has 1 aliphatic rings. The van der Waals surface area contributed by atoms with Gasteiger partial charge in [-0.15, -0.1) is 0 Å². The fraction of sp³-hybridized carbons (Fsp3) is 1.00. The molecule has 8 N–H and O–H groups in total. The molecular formula is C6H18N2O7P2Pt. The third kappa shape index (κ3) is 13.3. The Kier molecular flexibility index (Phi) is 10.5. The zero-order valence-electron chi connectivity index (χ0n) is 9.36. The number of phosphoric acid groups is 2. The van der Waals surface area contributed by atoms with Crippen molar-refractivity contribution in [3.8, 4) is 0 Å². The molecule has 0 amide bonds. The summed E-state index contributed by atoms with van der Waals surface area (Å²) < 4.78 is 22.2. The van der Waals surface area contributed by atoms with Crippen LogP contribution in [-0.4, -0.2) is 31.7 Å². The molecular weight excluding hydrogens is 469 g/mol. The molecule has 0 unspecified atom stereocenters. The average Bonchev–Trinajstić information content (AvgIpc) is 2.04. The van der Waals surface area contributed by atoms with Crippen molar-refractivity contribution in [1.29, 1.82) is 0 Å². The van der Waals surface area contributed by atoms with Crippen LogP contribution in [0.1, 0.15) is 25.7 Å². The summed E-state index contributed by atoms with van der Waals surface area (Å²) in [7, 11) is -10.1. The monoisotopic (exact) mass is 487 g/mol. The summed E-state index contributed by atoms with van der Waals surface area (Å²) in [4.78, 5) is 31.0. The van der Waals surface area contributed by atoms with E-state index in [4.69, 9.17) is 31.0 Å². The van der Waals surface area contributed by atoms with Gasteiger partial charge in [-0.2, -0.15) is 4.31 Å². The summed E-state index contributed by atoms with van der Waals surface area (Å²) in [6.07, 6.45) is 4.80. The molecule has 0 spiro atoms. The molecule has 114 valence electrons. The van der Waals surface area contributed by atoms with Gasteiger partial charge in [0, 0.05) is 33.1 Å². The van der Waals surface area contributed by atoms with Gasteiger partial charge >= 0.3 is 15.6 Å². The van der Waals surface area contributed by atoms with Crippen LogP contribution < -0.4 is 11.5 Å². The Hall–Kier alpha value is 0.868. The van der Waals surface area contributed by atoms with Crippen LogP contribution in [0.5, 0.6) is 0 Å². The molecule has 0 radical (unpaired) electrons. The van der Waals surface area contributed by atoms with Gasteiger partial charge in [-0.1, -0.05) is 12.8 Å². The molecule has 0 aromatic carbocycles. The van der Waals surface area contributed by atoms with E-state index in [1.54, 1.807) is 0 Å². The summed E-state index contributed by atoms with van der Waals surface area (Å²) >= 11 is 0. The standard InChI is InChI=1S/C6H14N2.H4O7P2.Pt/c7-5-3-1-2-4-6(5)8;1-8(2,3)7-9(4,5)6;/h5-6H,1-4,7-8H2;(H2,1,2,3)(H2,4,5,6);/t5-,6+;;. The second-order valence-electron chi connectivity index (χ2n) is 3.67. The summed E-state index contributed by atoms with van der Waals surface area (Å²) in [5, 5.41) is 0. The molecule has 2 atom stereocenters. The molecule has 18 heavy (non-hydrogen) atoms. The van der Waals surface area contributed by atoms with Gasteiger partial charge in [-0.25, -0.2) is 9.13 Å². The minimum absolute atomic E-state index is 0. The fourth-order valence-electron chi connectivity index (χ4n) is 1.33. The second-order valence-corrected chi connectivity index (χ2v) is 6.29. The largest absolute Gasteiger partial charge is 0.478 e. The number of rotatable bonds is 2. The fourth-order valence-corrected chi connectivity index (χ4v) is 2.44. The molecule has 0 aromatic rings. The van der Waals surface area contributed by atoms with Gasteiger partial charge in [-0.05, 0) is 12.8 Å². The van der Waals surface area contributed by atoms with Gasteiger partial charge in [0.15, 0.2) is 0 Å². The number of nitrogens with two attached hydrogens (primary N) is 2. The van der Waals surface area contributed by atoms with E-state index in [0.717, 1.165) is 12.8 Å². The van der Waals surface area contributed by atoms with Crippen molar-refractivity contribution in [3.05, 3.63) is 0 Å². The van der Waals surface area contributed by atoms with Crippen molar-refractivity contribution in [1.82, 2.24) is 0 Å². The Bertz CT molecular complexity index is 289. The maximum atomic E-state index is 9.63. The van der Waals surface area contributed by atoms with Crippen LogP contribution in [0.25, 0.3) is 0 Å². The summed E-state index contributed by atoms with van der Waals surface area (Å²) in [5.74, 6) is 0. The first-order chi connectivity index (χ1) is 7.51. The maximum absolute atomic E-state index is 9.63. The predicted molar refractivity (Wildman–Crippen MR) is 59.6 cm³/mol. The Labute approximate surface area is 119 Å². The smallest absolute Gasteiger partial charge is 0.326 e. The van der Waals surface area contributed by atoms with Gasteiger partial charge in [0.05, 0.1) is 0 Å². The molecule has 0 saturated heterocycles. The molecule has 1 aliphatic carbocycles. The first-order valence-electron chi connectivity index (χ1n) is 4.85. The molecule has 1 rings (SSSR count). The molecule has 0 aromatic heterocycles. The van der Waals surface area contributed by atoms with Crippen molar-refractivity contribution in [3.63, 3.8) is 0 Å². The van der Waals surface area contributed by atoms with E-state index in [-0.39, 0.29) is 33.1 Å². The first-order valence-corrected chi connectivity index (χ1v) is 7.91. The van der Waals surface area contributed by atoms with E-state index >= 15 is 0 Å². The van der Waals surface area contributed by atoms with Crippen molar-refractivity contribution >= 4 is 15.6 Å². The molecule has 1 fully saturated rings. The van der Waals surface area contributed by atoms with Gasteiger partial charge in [0.1, 0.15) is 0 Å². The van der Waals surface area contributed by atoms with Crippen LogP contribution >= 0.6 is 15.6 Å². The third-order valence-corrected chi connectivity index (χ3v) is 3.79. The topological polar surface area (TPSA) is 176 Å². The quantitative estimate of drug-likeness (QED) is 0.278. The van der Waals surface area contributed by atoms with Gasteiger partial charge in [-0.3, -0.25) is 0 Å². The van der Waals surface area contributed by atoms with E-state index in [1.165, 1.54) is 12.8 Å². The van der Waals surface area contributed by atoms with Crippen LogP contribution in [-0.2, 0) is 34.5 Å². The van der Waals surface area contributed by atoms with Crippen LogP contribution in [0.4, 0.5) is 0 Å². The Morgan fingerprint density at radius 3 is 1.28 bits per heavy atom. The molecule has 1 saturated carbocycles. The SMILES string of the molecule is N[C@@H]1CCCC[C@@H]1N.O=P(O)(O)OP(=O)(O)O.[Pt]. The van der Waals surface area contributed by atoms with E-state index in [1.807, 2.05) is 0 Å². The molecule has 9 nitrogen and oxygen atoms in total. The molecule has 0 aliphatic heterocycles. The van der Waals surface area contributed by atoms with Crippen LogP contribution in [0.15, 0.2) is 0 Å². The normalized spacial score (nSPS) is 24.6. The van der Waals surface area contributed by atoms with Crippen molar-refractivity contribution in [2.75, 3.05) is 0 Å². The van der Waals surface area contributed by atoms with Crippen molar-refractivity contribution in [2.45, 2.75) is 37.8 Å². The van der Waals surface area contributed by atoms with E-state index in [0.29, 0.717) is 0 Å². The minimum atomic E-state index is -5.05. The van der Waals surface area contributed by atoms with E-state index < -0.39 is 15.6 Å². The Balaban J connectivity index is 0. The van der Waals surface area contributed by atoms with Crippen LogP contribution in [0, 0.1) is 0 Å².